The van der Waals surface area contributed by atoms with Crippen LogP contribution in [0.25, 0.3) is 0 Å². The van der Waals surface area contributed by atoms with E-state index in [9.17, 15) is 9.00 Å². The Hall–Kier alpha value is -0.733. The number of amides is 1. The molecule has 1 aliphatic carbocycles. The molecule has 1 spiro atoms. The van der Waals surface area contributed by atoms with Gasteiger partial charge in [-0.15, -0.1) is 0 Å². The summed E-state index contributed by atoms with van der Waals surface area (Å²) in [6, 6.07) is 0. The summed E-state index contributed by atoms with van der Waals surface area (Å²) in [5.41, 5.74) is 0.378. The van der Waals surface area contributed by atoms with Crippen LogP contribution in [0.5, 0.6) is 0 Å². The molecule has 8 heteroatoms. The molecule has 2 atom stereocenters. The molecule has 2 aliphatic rings. The van der Waals surface area contributed by atoms with Crippen LogP contribution in [0.2, 0.25) is 18.1 Å². The van der Waals surface area contributed by atoms with Gasteiger partial charge in [0.1, 0.15) is 16.6 Å². The molecule has 6 nitrogen and oxygen atoms in total. The van der Waals surface area contributed by atoms with Crippen LogP contribution in [0.4, 0.5) is 4.79 Å². The van der Waals surface area contributed by atoms with Crippen molar-refractivity contribution >= 4 is 31.1 Å². The molecule has 0 aromatic heterocycles. The lowest BCUT2D eigenvalue weighted by atomic mass is 9.76. The molecule has 1 saturated heterocycles. The van der Waals surface area contributed by atoms with Gasteiger partial charge in [-0.25, -0.2) is 9.00 Å². The number of piperidine rings is 1. The highest BCUT2D eigenvalue weighted by Gasteiger charge is 2.50. The molecule has 2 fully saturated rings. The smallest absolute Gasteiger partial charge is 0.410 e. The lowest BCUT2D eigenvalue weighted by Crippen LogP contribution is -2.47. The maximum Gasteiger partial charge on any atom is 0.410 e. The highest BCUT2D eigenvalue weighted by molar-refractivity contribution is 7.85. The minimum Gasteiger partial charge on any atom is -0.444 e. The largest absolute Gasteiger partial charge is 0.444 e. The number of hydrogen-bond acceptors (Lipinski definition) is 4. The normalized spacial score (nSPS) is 24.8. The fraction of sp³-hybridized carbons (Fsp3) is 0.917. The summed E-state index contributed by atoms with van der Waals surface area (Å²) >= 11 is 0. The Morgan fingerprint density at radius 1 is 1.06 bits per heavy atom. The van der Waals surface area contributed by atoms with E-state index in [1.165, 1.54) is 0 Å². The number of nitrogens with zero attached hydrogens (tertiary/aromatic N) is 2. The maximum atomic E-state index is 12.9. The number of rotatable bonds is 3. The first kappa shape index (κ1) is 27.5. The van der Waals surface area contributed by atoms with Crippen LogP contribution in [0.1, 0.15) is 88.0 Å². The zero-order chi connectivity index (χ0) is 24.8. The molecule has 32 heavy (non-hydrogen) atoms. The van der Waals surface area contributed by atoms with Gasteiger partial charge in [0.05, 0.1) is 10.9 Å². The Bertz CT molecular complexity index is 751. The van der Waals surface area contributed by atoms with E-state index < -0.39 is 29.7 Å². The van der Waals surface area contributed by atoms with E-state index in [1.807, 2.05) is 41.5 Å². The van der Waals surface area contributed by atoms with E-state index in [1.54, 1.807) is 4.90 Å². The van der Waals surface area contributed by atoms with Gasteiger partial charge < -0.3 is 14.1 Å². The van der Waals surface area contributed by atoms with Gasteiger partial charge in [-0.2, -0.15) is 4.40 Å². The molecule has 0 bridgehead atoms. The summed E-state index contributed by atoms with van der Waals surface area (Å²) in [5.74, 6) is 0. The van der Waals surface area contributed by atoms with Crippen molar-refractivity contribution in [3.8, 4) is 0 Å². The standard InChI is InChI=1S/C24H46N2O4SSi/c1-21(2,3)29-20(27)26-14-12-24(13-15-26)17-18(30-32(10,11)23(7,8)9)16-19(24)25-31(28)22(4,5)6/h18H,12-17H2,1-11H3/t18-,31-/m1/s1. The SMILES string of the molecule is CC(C)(C)OC(=O)N1CCC2(CC1)C[C@H](O[Si](C)(C)C(C)(C)C)CC2=N[S@](=O)C(C)(C)C. The maximum absolute atomic E-state index is 12.9. The van der Waals surface area contributed by atoms with E-state index in [0.29, 0.717) is 13.1 Å². The van der Waals surface area contributed by atoms with Crippen molar-refractivity contribution in [3.05, 3.63) is 0 Å². The molecule has 0 radical (unpaired) electrons. The van der Waals surface area contributed by atoms with E-state index in [-0.39, 0.29) is 22.7 Å². The second-order valence-corrected chi connectivity index (χ2v) is 19.7. The summed E-state index contributed by atoms with van der Waals surface area (Å²) in [5, 5.41) is 0.133. The number of carbonyl (C=O) groups excluding carboxylic acids is 1. The Morgan fingerprint density at radius 3 is 2.03 bits per heavy atom. The molecular weight excluding hydrogens is 440 g/mol. The molecule has 0 aromatic rings. The molecule has 0 N–H and O–H groups in total. The molecule has 1 aliphatic heterocycles. The Balaban J connectivity index is 2.25. The molecular formula is C24H46N2O4SSi. The van der Waals surface area contributed by atoms with Gasteiger partial charge in [0, 0.05) is 30.6 Å². The van der Waals surface area contributed by atoms with Gasteiger partial charge in [0.15, 0.2) is 8.32 Å². The Kier molecular flexibility index (Phi) is 7.86. The fourth-order valence-electron chi connectivity index (χ4n) is 4.04. The number of ether oxygens (including phenoxy) is 1. The van der Waals surface area contributed by atoms with E-state index in [4.69, 9.17) is 13.6 Å². The third-order valence-electron chi connectivity index (χ3n) is 7.01. The van der Waals surface area contributed by atoms with Crippen molar-refractivity contribution in [1.82, 2.24) is 4.90 Å². The lowest BCUT2D eigenvalue weighted by molar-refractivity contribution is 0.0143. The van der Waals surface area contributed by atoms with Gasteiger partial charge in [0.25, 0.3) is 0 Å². The second kappa shape index (κ2) is 9.14. The van der Waals surface area contributed by atoms with Crippen LogP contribution in [0, 0.1) is 5.41 Å². The molecule has 186 valence electrons. The van der Waals surface area contributed by atoms with Crippen molar-refractivity contribution in [2.75, 3.05) is 13.1 Å². The Labute approximate surface area is 199 Å². The van der Waals surface area contributed by atoms with Crippen LogP contribution < -0.4 is 0 Å². The minimum absolute atomic E-state index is 0.0969. The summed E-state index contributed by atoms with van der Waals surface area (Å²) in [6.07, 6.45) is 3.09. The molecule has 1 saturated carbocycles. The predicted octanol–water partition coefficient (Wildman–Crippen LogP) is 6.09. The van der Waals surface area contributed by atoms with Crippen molar-refractivity contribution in [2.24, 2.45) is 9.81 Å². The van der Waals surface area contributed by atoms with E-state index in [0.717, 1.165) is 31.4 Å². The number of likely N-dealkylation sites (tertiary alicyclic amines) is 1. The summed E-state index contributed by atoms with van der Waals surface area (Å²) in [6.45, 7) is 24.2. The first-order chi connectivity index (χ1) is 14.3. The van der Waals surface area contributed by atoms with Gasteiger partial charge in [-0.3, -0.25) is 0 Å². The topological polar surface area (TPSA) is 68.2 Å². The molecule has 1 amide bonds. The summed E-state index contributed by atoms with van der Waals surface area (Å²) < 4.78 is 29.7. The van der Waals surface area contributed by atoms with Crippen LogP contribution in [0.15, 0.2) is 4.40 Å². The first-order valence-electron chi connectivity index (χ1n) is 11.9. The molecule has 2 rings (SSSR count). The average molecular weight is 487 g/mol. The zero-order valence-corrected chi connectivity index (χ0v) is 24.1. The zero-order valence-electron chi connectivity index (χ0n) is 22.3. The van der Waals surface area contributed by atoms with Gasteiger partial charge in [-0.1, -0.05) is 20.8 Å². The summed E-state index contributed by atoms with van der Waals surface area (Å²) in [4.78, 5) is 14.4. The van der Waals surface area contributed by atoms with Crippen molar-refractivity contribution in [3.63, 3.8) is 0 Å². The lowest BCUT2D eigenvalue weighted by Gasteiger charge is -2.41. The third kappa shape index (κ3) is 6.66. The predicted molar refractivity (Wildman–Crippen MR) is 136 cm³/mol. The van der Waals surface area contributed by atoms with Gasteiger partial charge in [0.2, 0.25) is 0 Å². The minimum atomic E-state index is -1.93. The monoisotopic (exact) mass is 486 g/mol. The summed E-state index contributed by atoms with van der Waals surface area (Å²) in [7, 11) is -3.23. The van der Waals surface area contributed by atoms with Crippen LogP contribution in [-0.4, -0.2) is 58.8 Å². The van der Waals surface area contributed by atoms with Crippen LogP contribution in [-0.2, 0) is 20.1 Å². The Morgan fingerprint density at radius 2 is 1.59 bits per heavy atom. The van der Waals surface area contributed by atoms with Crippen LogP contribution in [0.3, 0.4) is 0 Å². The highest BCUT2D eigenvalue weighted by atomic mass is 32.2. The van der Waals surface area contributed by atoms with Crippen molar-refractivity contribution in [2.45, 2.75) is 123 Å². The number of carbonyl (C=O) groups is 1. The number of hydrogen-bond donors (Lipinski definition) is 0. The van der Waals surface area contributed by atoms with Gasteiger partial charge in [-0.05, 0) is 78.9 Å². The van der Waals surface area contributed by atoms with E-state index >= 15 is 0 Å². The molecule has 0 unspecified atom stereocenters. The fourth-order valence-corrected chi connectivity index (χ4v) is 6.14. The van der Waals surface area contributed by atoms with Gasteiger partial charge >= 0.3 is 6.09 Å². The van der Waals surface area contributed by atoms with Crippen LogP contribution >= 0.6 is 0 Å². The quantitative estimate of drug-likeness (QED) is 0.453. The first-order valence-corrected chi connectivity index (χ1v) is 15.9. The molecule has 1 heterocycles. The second-order valence-electron chi connectivity index (χ2n) is 13.1. The average Bonchev–Trinajstić information content (AvgIpc) is 2.87. The molecule has 0 aromatic carbocycles. The van der Waals surface area contributed by atoms with E-state index in [2.05, 4.69) is 33.9 Å². The van der Waals surface area contributed by atoms with Crippen molar-refractivity contribution in [1.29, 1.82) is 0 Å². The van der Waals surface area contributed by atoms with Crippen molar-refractivity contribution < 1.29 is 18.2 Å². The highest BCUT2D eigenvalue weighted by Crippen LogP contribution is 2.48. The third-order valence-corrected chi connectivity index (χ3v) is 13.0.